The molecule has 1 aromatic carbocycles. The van der Waals surface area contributed by atoms with Crippen molar-refractivity contribution >= 4 is 34.7 Å². The van der Waals surface area contributed by atoms with Crippen molar-refractivity contribution in [3.05, 3.63) is 58.7 Å². The molecule has 0 saturated carbocycles. The van der Waals surface area contributed by atoms with Gasteiger partial charge in [0.1, 0.15) is 10.8 Å². The summed E-state index contributed by atoms with van der Waals surface area (Å²) in [6, 6.07) is 12.9. The maximum Gasteiger partial charge on any atom is 0.286 e. The molecule has 1 amide bonds. The molecular weight excluding hydrogens is 344 g/mol. The van der Waals surface area contributed by atoms with Crippen LogP contribution in [0.4, 0.5) is 5.69 Å². The lowest BCUT2D eigenvalue weighted by molar-refractivity contribution is 0.102. The molecule has 0 spiro atoms. The fourth-order valence-corrected chi connectivity index (χ4v) is 3.41. The number of nitrogens with zero attached hydrogens (tertiary/aromatic N) is 3. The summed E-state index contributed by atoms with van der Waals surface area (Å²) in [4.78, 5) is 16.4. The van der Waals surface area contributed by atoms with E-state index in [4.69, 9.17) is 4.74 Å². The van der Waals surface area contributed by atoms with Crippen molar-refractivity contribution < 1.29 is 9.53 Å². The molecule has 2 aromatic heterocycles. The van der Waals surface area contributed by atoms with E-state index in [0.29, 0.717) is 16.4 Å². The van der Waals surface area contributed by atoms with Crippen LogP contribution in [0.15, 0.2) is 53.7 Å². The number of benzene rings is 1. The van der Waals surface area contributed by atoms with E-state index in [1.54, 1.807) is 49.3 Å². The molecule has 24 heavy (non-hydrogen) atoms. The molecule has 0 aliphatic rings. The average Bonchev–Trinajstić information content (AvgIpc) is 3.11. The van der Waals surface area contributed by atoms with E-state index in [9.17, 15) is 4.79 Å². The SMILES string of the molecule is COc1ccc(NC(=O)c2nnc(CSc3ccccn3)s2)cc1. The summed E-state index contributed by atoms with van der Waals surface area (Å²) in [6.07, 6.45) is 1.75. The van der Waals surface area contributed by atoms with Crippen LogP contribution in [0.1, 0.15) is 14.8 Å². The van der Waals surface area contributed by atoms with Crippen LogP contribution >= 0.6 is 23.1 Å². The average molecular weight is 358 g/mol. The van der Waals surface area contributed by atoms with Crippen molar-refractivity contribution in [2.75, 3.05) is 12.4 Å². The number of nitrogens with one attached hydrogen (secondary N) is 1. The van der Waals surface area contributed by atoms with Gasteiger partial charge in [-0.15, -0.1) is 10.2 Å². The lowest BCUT2D eigenvalue weighted by Crippen LogP contribution is -2.11. The van der Waals surface area contributed by atoms with Gasteiger partial charge in [0, 0.05) is 11.9 Å². The van der Waals surface area contributed by atoms with Gasteiger partial charge in [0.25, 0.3) is 5.91 Å². The monoisotopic (exact) mass is 358 g/mol. The predicted molar refractivity (Wildman–Crippen MR) is 94.7 cm³/mol. The molecule has 8 heteroatoms. The van der Waals surface area contributed by atoms with Gasteiger partial charge in [0.15, 0.2) is 0 Å². The fraction of sp³-hybridized carbons (Fsp3) is 0.125. The van der Waals surface area contributed by atoms with Crippen LogP contribution in [0.5, 0.6) is 5.75 Å². The summed E-state index contributed by atoms with van der Waals surface area (Å²) in [5.74, 6) is 1.09. The van der Waals surface area contributed by atoms with Crippen molar-refractivity contribution in [2.24, 2.45) is 0 Å². The van der Waals surface area contributed by atoms with Crippen LogP contribution in [0.3, 0.4) is 0 Å². The lowest BCUT2D eigenvalue weighted by atomic mass is 10.3. The van der Waals surface area contributed by atoms with Gasteiger partial charge in [-0.2, -0.15) is 0 Å². The zero-order chi connectivity index (χ0) is 16.8. The zero-order valence-corrected chi connectivity index (χ0v) is 14.4. The third-order valence-corrected chi connectivity index (χ3v) is 5.05. The van der Waals surface area contributed by atoms with Gasteiger partial charge in [-0.05, 0) is 36.4 Å². The maximum atomic E-state index is 12.2. The number of anilines is 1. The van der Waals surface area contributed by atoms with Crippen LogP contribution < -0.4 is 10.1 Å². The first kappa shape index (κ1) is 16.4. The molecular formula is C16H14N4O2S2. The molecule has 0 radical (unpaired) electrons. The Labute approximate surface area is 147 Å². The summed E-state index contributed by atoms with van der Waals surface area (Å²) < 4.78 is 5.09. The van der Waals surface area contributed by atoms with Crippen LogP contribution in [0, 0.1) is 0 Å². The number of hydrogen-bond acceptors (Lipinski definition) is 7. The summed E-state index contributed by atoms with van der Waals surface area (Å²) in [6.45, 7) is 0. The number of rotatable bonds is 6. The highest BCUT2D eigenvalue weighted by atomic mass is 32.2. The van der Waals surface area contributed by atoms with E-state index in [1.807, 2.05) is 18.2 Å². The second-order valence-electron chi connectivity index (χ2n) is 4.64. The normalized spacial score (nSPS) is 10.4. The standard InChI is InChI=1S/C16H14N4O2S2/c1-22-12-7-5-11(6-8-12)18-15(21)16-20-19-14(24-16)10-23-13-4-2-3-9-17-13/h2-9H,10H2,1H3,(H,18,21). The molecule has 1 N–H and O–H groups in total. The van der Waals surface area contributed by atoms with Gasteiger partial charge in [0.05, 0.1) is 17.9 Å². The third-order valence-electron chi connectivity index (χ3n) is 2.99. The molecule has 6 nitrogen and oxygen atoms in total. The van der Waals surface area contributed by atoms with Gasteiger partial charge in [0.2, 0.25) is 5.01 Å². The largest absolute Gasteiger partial charge is 0.497 e. The van der Waals surface area contributed by atoms with Crippen molar-refractivity contribution in [3.63, 3.8) is 0 Å². The highest BCUT2D eigenvalue weighted by Crippen LogP contribution is 2.23. The van der Waals surface area contributed by atoms with Crippen LogP contribution in [0.25, 0.3) is 0 Å². The zero-order valence-electron chi connectivity index (χ0n) is 12.8. The fourth-order valence-electron chi connectivity index (χ4n) is 1.83. The van der Waals surface area contributed by atoms with Gasteiger partial charge in [-0.3, -0.25) is 4.79 Å². The number of hydrogen-bond donors (Lipinski definition) is 1. The topological polar surface area (TPSA) is 77.0 Å². The first-order valence-corrected chi connectivity index (χ1v) is 8.86. The quantitative estimate of drug-likeness (QED) is 0.680. The van der Waals surface area contributed by atoms with Crippen LogP contribution in [-0.2, 0) is 5.75 Å². The summed E-state index contributed by atoms with van der Waals surface area (Å²) in [5, 5.41) is 12.8. The Bertz CT molecular complexity index is 806. The third kappa shape index (κ3) is 4.30. The number of pyridine rings is 1. The van der Waals surface area contributed by atoms with E-state index in [-0.39, 0.29) is 5.91 Å². The molecule has 0 aliphatic carbocycles. The number of carbonyl (C=O) groups excluding carboxylic acids is 1. The van der Waals surface area contributed by atoms with E-state index in [2.05, 4.69) is 20.5 Å². The predicted octanol–water partition coefficient (Wildman–Crippen LogP) is 3.49. The van der Waals surface area contributed by atoms with Gasteiger partial charge in [-0.1, -0.05) is 29.2 Å². The first-order chi connectivity index (χ1) is 11.7. The minimum Gasteiger partial charge on any atom is -0.497 e. The highest BCUT2D eigenvalue weighted by Gasteiger charge is 2.13. The Balaban J connectivity index is 1.58. The number of amides is 1. The smallest absolute Gasteiger partial charge is 0.286 e. The van der Waals surface area contributed by atoms with Crippen molar-refractivity contribution in [1.29, 1.82) is 0 Å². The molecule has 2 heterocycles. The second-order valence-corrected chi connectivity index (χ2v) is 6.70. The first-order valence-electron chi connectivity index (χ1n) is 7.06. The molecule has 0 bridgehead atoms. The molecule has 0 atom stereocenters. The Morgan fingerprint density at radius 2 is 2.04 bits per heavy atom. The molecule has 3 rings (SSSR count). The summed E-state index contributed by atoms with van der Waals surface area (Å²) in [7, 11) is 1.60. The highest BCUT2D eigenvalue weighted by molar-refractivity contribution is 7.98. The number of aromatic nitrogens is 3. The van der Waals surface area contributed by atoms with Crippen molar-refractivity contribution in [1.82, 2.24) is 15.2 Å². The van der Waals surface area contributed by atoms with E-state index in [1.165, 1.54) is 11.3 Å². The molecule has 0 aliphatic heterocycles. The minimum absolute atomic E-state index is 0.272. The minimum atomic E-state index is -0.272. The number of carbonyl (C=O) groups is 1. The summed E-state index contributed by atoms with van der Waals surface area (Å²) >= 11 is 2.84. The Hall–Kier alpha value is -2.45. The van der Waals surface area contributed by atoms with E-state index < -0.39 is 0 Å². The van der Waals surface area contributed by atoms with Crippen LogP contribution in [-0.4, -0.2) is 28.2 Å². The van der Waals surface area contributed by atoms with Crippen molar-refractivity contribution in [2.45, 2.75) is 10.8 Å². The van der Waals surface area contributed by atoms with Crippen molar-refractivity contribution in [3.8, 4) is 5.75 Å². The Morgan fingerprint density at radius 3 is 2.75 bits per heavy atom. The van der Waals surface area contributed by atoms with Crippen LogP contribution in [0.2, 0.25) is 0 Å². The molecule has 122 valence electrons. The van der Waals surface area contributed by atoms with Gasteiger partial charge >= 0.3 is 0 Å². The van der Waals surface area contributed by atoms with E-state index in [0.717, 1.165) is 15.8 Å². The number of ether oxygens (including phenoxy) is 1. The number of thioether (sulfide) groups is 1. The Morgan fingerprint density at radius 1 is 1.21 bits per heavy atom. The Kier molecular flexibility index (Phi) is 5.39. The van der Waals surface area contributed by atoms with E-state index >= 15 is 0 Å². The molecule has 0 fully saturated rings. The molecule has 0 unspecified atom stereocenters. The summed E-state index contributed by atoms with van der Waals surface area (Å²) in [5.41, 5.74) is 0.681. The molecule has 0 saturated heterocycles. The number of methoxy groups -OCH3 is 1. The lowest BCUT2D eigenvalue weighted by Gasteiger charge is -2.03. The second kappa shape index (κ2) is 7.89. The van der Waals surface area contributed by atoms with Gasteiger partial charge in [-0.25, -0.2) is 4.98 Å². The van der Waals surface area contributed by atoms with Gasteiger partial charge < -0.3 is 10.1 Å². The maximum absolute atomic E-state index is 12.2. The molecule has 3 aromatic rings.